The molecule has 1 fully saturated rings. The first-order valence-electron chi connectivity index (χ1n) is 13.4. The molecule has 0 spiro atoms. The summed E-state index contributed by atoms with van der Waals surface area (Å²) < 4.78 is 6.30. The Morgan fingerprint density at radius 1 is 1.33 bits per heavy atom. The number of amides is 2. The Morgan fingerprint density at radius 3 is 2.78 bits per heavy atom. The van der Waals surface area contributed by atoms with Gasteiger partial charge in [0.05, 0.1) is 19.2 Å². The van der Waals surface area contributed by atoms with E-state index in [1.54, 1.807) is 22.1 Å². The van der Waals surface area contributed by atoms with Crippen LogP contribution < -0.4 is 4.74 Å². The van der Waals surface area contributed by atoms with Crippen LogP contribution in [0.4, 0.5) is 0 Å². The third-order valence-corrected chi connectivity index (χ3v) is 7.10. The van der Waals surface area contributed by atoms with E-state index in [2.05, 4.69) is 28.6 Å². The van der Waals surface area contributed by atoms with E-state index < -0.39 is 0 Å². The van der Waals surface area contributed by atoms with Crippen LogP contribution in [0.15, 0.2) is 12.3 Å². The summed E-state index contributed by atoms with van der Waals surface area (Å²) in [4.78, 5) is 36.6. The van der Waals surface area contributed by atoms with E-state index >= 15 is 0 Å². The zero-order valence-electron chi connectivity index (χ0n) is 22.3. The van der Waals surface area contributed by atoms with Crippen LogP contribution in [-0.4, -0.2) is 95.1 Å². The molecule has 0 aromatic carbocycles. The quantitative estimate of drug-likeness (QED) is 0.555. The highest BCUT2D eigenvalue weighted by Crippen LogP contribution is 2.27. The lowest BCUT2D eigenvalue weighted by molar-refractivity contribution is -0.131. The molecule has 0 saturated carbocycles. The molecule has 3 heterocycles. The predicted octanol–water partition coefficient (Wildman–Crippen LogP) is 2.79. The molecule has 198 valence electrons. The fourth-order valence-electron chi connectivity index (χ4n) is 4.68. The van der Waals surface area contributed by atoms with Crippen LogP contribution >= 0.6 is 0 Å². The zero-order chi connectivity index (χ0) is 26.1. The number of aliphatic hydroxyl groups excluding tert-OH is 1. The number of carbonyl (C=O) groups excluding carboxylic acids is 2. The molecule has 1 N–H and O–H groups in total. The van der Waals surface area contributed by atoms with Crippen molar-refractivity contribution in [2.45, 2.75) is 71.4 Å². The Balaban J connectivity index is 1.78. The van der Waals surface area contributed by atoms with E-state index in [0.717, 1.165) is 32.5 Å². The summed E-state index contributed by atoms with van der Waals surface area (Å²) in [6.07, 6.45) is 7.18. The molecule has 0 radical (unpaired) electrons. The summed E-state index contributed by atoms with van der Waals surface area (Å²) in [5, 5.41) is 9.83. The molecule has 8 nitrogen and oxygen atoms in total. The average Bonchev–Trinajstić information content (AvgIpc) is 2.89. The minimum Gasteiger partial charge on any atom is -0.472 e. The van der Waals surface area contributed by atoms with E-state index in [1.165, 1.54) is 19.3 Å². The van der Waals surface area contributed by atoms with Gasteiger partial charge in [-0.25, -0.2) is 4.98 Å². The number of hydrogen-bond acceptors (Lipinski definition) is 6. The molecule has 0 unspecified atom stereocenters. The molecule has 1 saturated heterocycles. The topological polar surface area (TPSA) is 86.2 Å². The summed E-state index contributed by atoms with van der Waals surface area (Å²) in [6, 6.07) is 1.37. The fraction of sp³-hybridized carbons (Fsp3) is 0.679. The standard InChI is InChI=1S/C28H42N4O4/c1-5-6-8-11-23-16-24-27(29-17-23)36-25(21(2)18-32(28(24)35)22(3)20-33)19-30(4)26(34)12-15-31-13-9-7-10-14-31/h16-17,21-22,25,33H,5-7,9-10,12-15,18-20H2,1-4H3/t21-,22-,25+/m0/s1. The number of piperidine rings is 1. The Morgan fingerprint density at radius 2 is 2.08 bits per heavy atom. The van der Waals surface area contributed by atoms with E-state index in [9.17, 15) is 14.7 Å². The lowest BCUT2D eigenvalue weighted by atomic mass is 9.99. The largest absolute Gasteiger partial charge is 0.472 e. The molecule has 2 aliphatic rings. The number of likely N-dealkylation sites (tertiary alicyclic amines) is 1. The highest BCUT2D eigenvalue weighted by atomic mass is 16.5. The van der Waals surface area contributed by atoms with Crippen LogP contribution in [0.5, 0.6) is 5.88 Å². The Kier molecular flexibility index (Phi) is 10.6. The minimum absolute atomic E-state index is 0.0701. The highest BCUT2D eigenvalue weighted by molar-refractivity contribution is 5.97. The van der Waals surface area contributed by atoms with Gasteiger partial charge < -0.3 is 24.5 Å². The maximum absolute atomic E-state index is 13.5. The van der Waals surface area contributed by atoms with Crippen molar-refractivity contribution in [3.8, 4) is 17.7 Å². The normalized spacial score (nSPS) is 21.4. The maximum Gasteiger partial charge on any atom is 0.259 e. The molecule has 8 heteroatoms. The summed E-state index contributed by atoms with van der Waals surface area (Å²) in [5.74, 6) is 6.21. The Bertz CT molecular complexity index is 951. The summed E-state index contributed by atoms with van der Waals surface area (Å²) in [7, 11) is 1.81. The molecule has 2 aliphatic heterocycles. The van der Waals surface area contributed by atoms with Gasteiger partial charge in [0.2, 0.25) is 11.8 Å². The van der Waals surface area contributed by atoms with Gasteiger partial charge in [-0.3, -0.25) is 9.59 Å². The number of rotatable bonds is 8. The maximum atomic E-state index is 13.5. The SMILES string of the molecule is CCCC#Cc1cnc2c(c1)C(=O)N([C@@H](C)CO)C[C@H](C)[C@@H](CN(C)C(=O)CCN1CCCCC1)O2. The van der Waals surface area contributed by atoms with Gasteiger partial charge in [0.25, 0.3) is 5.91 Å². The number of hydrogen-bond donors (Lipinski definition) is 1. The van der Waals surface area contributed by atoms with Crippen molar-refractivity contribution in [2.24, 2.45) is 5.92 Å². The first-order chi connectivity index (χ1) is 17.3. The van der Waals surface area contributed by atoms with Gasteiger partial charge in [0.1, 0.15) is 11.7 Å². The van der Waals surface area contributed by atoms with Gasteiger partial charge in [-0.1, -0.05) is 32.1 Å². The van der Waals surface area contributed by atoms with Crippen molar-refractivity contribution in [1.29, 1.82) is 0 Å². The fourth-order valence-corrected chi connectivity index (χ4v) is 4.68. The van der Waals surface area contributed by atoms with Crippen LogP contribution in [0.1, 0.15) is 75.2 Å². The third-order valence-electron chi connectivity index (χ3n) is 7.10. The number of ether oxygens (including phenoxy) is 1. The molecular weight excluding hydrogens is 456 g/mol. The average molecular weight is 499 g/mol. The molecule has 0 aliphatic carbocycles. The van der Waals surface area contributed by atoms with Crippen LogP contribution in [0.25, 0.3) is 0 Å². The second kappa shape index (κ2) is 13.6. The zero-order valence-corrected chi connectivity index (χ0v) is 22.3. The highest BCUT2D eigenvalue weighted by Gasteiger charge is 2.34. The summed E-state index contributed by atoms with van der Waals surface area (Å²) in [5.41, 5.74) is 1.00. The van der Waals surface area contributed by atoms with Gasteiger partial charge in [-0.15, -0.1) is 0 Å². The summed E-state index contributed by atoms with van der Waals surface area (Å²) in [6.45, 7) is 9.49. The van der Waals surface area contributed by atoms with Crippen LogP contribution in [-0.2, 0) is 4.79 Å². The van der Waals surface area contributed by atoms with E-state index in [4.69, 9.17) is 4.74 Å². The first-order valence-corrected chi connectivity index (χ1v) is 13.4. The van der Waals surface area contributed by atoms with Gasteiger partial charge in [0, 0.05) is 50.7 Å². The van der Waals surface area contributed by atoms with Gasteiger partial charge in [-0.05, 0) is 45.3 Å². The number of carbonyl (C=O) groups is 2. The van der Waals surface area contributed by atoms with Gasteiger partial charge in [-0.2, -0.15) is 0 Å². The monoisotopic (exact) mass is 498 g/mol. The van der Waals surface area contributed by atoms with E-state index in [-0.39, 0.29) is 42.4 Å². The Labute approximate surface area is 216 Å². The molecule has 1 aromatic heterocycles. The van der Waals surface area contributed by atoms with Crippen molar-refractivity contribution >= 4 is 11.8 Å². The third kappa shape index (κ3) is 7.44. The molecule has 2 amide bonds. The number of aromatic nitrogens is 1. The van der Waals surface area contributed by atoms with Gasteiger partial charge >= 0.3 is 0 Å². The number of fused-ring (bicyclic) bond motifs is 1. The molecule has 0 bridgehead atoms. The summed E-state index contributed by atoms with van der Waals surface area (Å²) >= 11 is 0. The first kappa shape index (κ1) is 27.9. The Hall–Kier alpha value is -2.63. The van der Waals surface area contributed by atoms with E-state index in [0.29, 0.717) is 30.6 Å². The second-order valence-corrected chi connectivity index (χ2v) is 10.2. The van der Waals surface area contributed by atoms with Crippen molar-refractivity contribution < 1.29 is 19.4 Å². The van der Waals surface area contributed by atoms with Gasteiger partial charge in [0.15, 0.2) is 0 Å². The number of likely N-dealkylation sites (N-methyl/N-ethyl adjacent to an activating group) is 1. The van der Waals surface area contributed by atoms with E-state index in [1.807, 2.05) is 20.9 Å². The number of pyridine rings is 1. The van der Waals surface area contributed by atoms with Crippen LogP contribution in [0.3, 0.4) is 0 Å². The lowest BCUT2D eigenvalue weighted by Crippen LogP contribution is -2.50. The molecule has 36 heavy (non-hydrogen) atoms. The molecule has 3 atom stereocenters. The molecule has 1 aromatic rings. The van der Waals surface area contributed by atoms with Crippen LogP contribution in [0, 0.1) is 17.8 Å². The lowest BCUT2D eigenvalue weighted by Gasteiger charge is -2.37. The second-order valence-electron chi connectivity index (χ2n) is 10.2. The van der Waals surface area contributed by atoms with Crippen LogP contribution in [0.2, 0.25) is 0 Å². The molecule has 3 rings (SSSR count). The van der Waals surface area contributed by atoms with Crippen molar-refractivity contribution in [3.05, 3.63) is 23.4 Å². The van der Waals surface area contributed by atoms with Crippen molar-refractivity contribution in [2.75, 3.05) is 46.4 Å². The predicted molar refractivity (Wildman–Crippen MR) is 140 cm³/mol. The van der Waals surface area contributed by atoms with Crippen molar-refractivity contribution in [1.82, 2.24) is 19.7 Å². The number of unbranched alkanes of at least 4 members (excludes halogenated alkanes) is 1. The number of nitrogens with zero attached hydrogens (tertiary/aromatic N) is 4. The van der Waals surface area contributed by atoms with Crippen molar-refractivity contribution in [3.63, 3.8) is 0 Å². The molecular formula is C28H42N4O4. The smallest absolute Gasteiger partial charge is 0.259 e. The number of aliphatic hydroxyl groups is 1. The minimum atomic E-state index is -0.356.